The van der Waals surface area contributed by atoms with E-state index in [0.717, 1.165) is 21.2 Å². The molecule has 0 amide bonds. The molecule has 1 aliphatic rings. The van der Waals surface area contributed by atoms with Crippen molar-refractivity contribution in [2.75, 3.05) is 0 Å². The number of fused-ring (bicyclic) bond motifs is 2. The molecule has 0 saturated heterocycles. The third kappa shape index (κ3) is 3.78. The van der Waals surface area contributed by atoms with Crippen LogP contribution in [0.1, 0.15) is 32.3 Å². The Labute approximate surface area is 209 Å². The quantitative estimate of drug-likeness (QED) is 0.240. The van der Waals surface area contributed by atoms with Crippen molar-refractivity contribution in [2.24, 2.45) is 5.73 Å². The third-order valence-electron chi connectivity index (χ3n) is 5.59. The average Bonchev–Trinajstić information content (AvgIpc) is 3.14. The number of halogens is 2. The normalized spacial score (nSPS) is 14.9. The highest BCUT2D eigenvalue weighted by Gasteiger charge is 2.32. The smallest absolute Gasteiger partial charge is 0.355 e. The zero-order valence-electron chi connectivity index (χ0n) is 17.8. The van der Waals surface area contributed by atoms with Gasteiger partial charge in [0.2, 0.25) is 5.88 Å². The number of aryl methyl sites for hydroxylation is 1. The summed E-state index contributed by atoms with van der Waals surface area (Å²) in [5.74, 6) is -0.452. The minimum absolute atomic E-state index is 0.0219. The fourth-order valence-electron chi connectivity index (χ4n) is 3.99. The van der Waals surface area contributed by atoms with Gasteiger partial charge in [0.1, 0.15) is 28.0 Å². The minimum atomic E-state index is -0.566. The molecule has 2 heterocycles. The summed E-state index contributed by atoms with van der Waals surface area (Å²) in [5, 5.41) is 11.4. The first-order valence-corrected chi connectivity index (χ1v) is 11.8. The van der Waals surface area contributed by atoms with Gasteiger partial charge in [-0.2, -0.15) is 5.26 Å². The lowest BCUT2D eigenvalue weighted by Crippen LogP contribution is -2.21. The largest absolute Gasteiger partial charge is 0.440 e. The number of carbonyl (C=O) groups is 1. The van der Waals surface area contributed by atoms with Crippen molar-refractivity contribution in [3.8, 4) is 17.6 Å². The lowest BCUT2D eigenvalue weighted by Gasteiger charge is -2.27. The van der Waals surface area contributed by atoms with Gasteiger partial charge in [0, 0.05) is 26.7 Å². The van der Waals surface area contributed by atoms with Gasteiger partial charge in [-0.05, 0) is 36.2 Å². The maximum absolute atomic E-state index is 12.9. The predicted molar refractivity (Wildman–Crippen MR) is 134 cm³/mol. The molecule has 5 rings (SSSR count). The van der Waals surface area contributed by atoms with E-state index >= 15 is 0 Å². The summed E-state index contributed by atoms with van der Waals surface area (Å²) in [6, 6.07) is 20.2. The first kappa shape index (κ1) is 22.3. The minimum Gasteiger partial charge on any atom is -0.440 e. The maximum Gasteiger partial charge on any atom is 0.355 e. The van der Waals surface area contributed by atoms with E-state index < -0.39 is 11.9 Å². The van der Waals surface area contributed by atoms with E-state index in [1.54, 1.807) is 24.3 Å². The molecule has 2 N–H and O–H groups in total. The van der Waals surface area contributed by atoms with Crippen LogP contribution in [-0.2, 0) is 0 Å². The summed E-state index contributed by atoms with van der Waals surface area (Å²) < 4.78 is 12.2. The number of nitrogens with two attached hydrogens (primary N) is 1. The first-order chi connectivity index (χ1) is 16.4. The number of nitriles is 1. The number of thiophene rings is 1. The number of carbonyl (C=O) groups excluding carboxylic acids is 1. The van der Waals surface area contributed by atoms with Gasteiger partial charge in [0.05, 0.1) is 10.9 Å². The Morgan fingerprint density at radius 3 is 2.68 bits per heavy atom. The first-order valence-electron chi connectivity index (χ1n) is 10.2. The molecular formula is C26H16Cl2N2O3S. The number of esters is 1. The molecule has 168 valence electrons. The second-order valence-electron chi connectivity index (χ2n) is 7.78. The second kappa shape index (κ2) is 8.69. The number of ether oxygens (including phenoxy) is 2. The van der Waals surface area contributed by atoms with Gasteiger partial charge in [-0.3, -0.25) is 0 Å². The van der Waals surface area contributed by atoms with E-state index in [-0.39, 0.29) is 17.2 Å². The SMILES string of the molecule is Cc1ccc2c(Cl)c(C(=O)Oc3ccc4c(c3)OC(N)=C(C#N)C4c3ccccc3Cl)sc2c1. The number of nitrogens with zero attached hydrogens (tertiary/aromatic N) is 1. The lowest BCUT2D eigenvalue weighted by molar-refractivity contribution is 0.0740. The van der Waals surface area contributed by atoms with Gasteiger partial charge in [0.15, 0.2) is 0 Å². The van der Waals surface area contributed by atoms with E-state index in [2.05, 4.69) is 6.07 Å². The Bertz CT molecular complexity index is 1550. The van der Waals surface area contributed by atoms with Crippen molar-refractivity contribution in [2.45, 2.75) is 12.8 Å². The molecule has 1 unspecified atom stereocenters. The van der Waals surface area contributed by atoms with Crippen LogP contribution in [-0.4, -0.2) is 5.97 Å². The zero-order chi connectivity index (χ0) is 24.0. The van der Waals surface area contributed by atoms with Crippen LogP contribution in [0.4, 0.5) is 0 Å². The second-order valence-corrected chi connectivity index (χ2v) is 9.62. The van der Waals surface area contributed by atoms with Crippen molar-refractivity contribution in [3.63, 3.8) is 0 Å². The van der Waals surface area contributed by atoms with Gasteiger partial charge in [-0.1, -0.05) is 59.6 Å². The summed E-state index contributed by atoms with van der Waals surface area (Å²) >= 11 is 14.2. The monoisotopic (exact) mass is 506 g/mol. The molecule has 5 nitrogen and oxygen atoms in total. The van der Waals surface area contributed by atoms with E-state index in [1.165, 1.54) is 11.3 Å². The standard InChI is InChI=1S/C26H16Cl2N2O3S/c1-13-6-8-17-21(10-13)34-24(23(17)28)26(31)32-14-7-9-16-20(11-14)33-25(30)18(12-29)22(16)15-4-2-3-5-19(15)27/h2-11,22H,30H2,1H3. The Balaban J connectivity index is 1.50. The molecule has 34 heavy (non-hydrogen) atoms. The fourth-order valence-corrected chi connectivity index (χ4v) is 5.71. The van der Waals surface area contributed by atoms with Crippen LogP contribution in [0, 0.1) is 18.3 Å². The molecule has 0 aliphatic carbocycles. The lowest BCUT2D eigenvalue weighted by atomic mass is 9.83. The molecule has 8 heteroatoms. The van der Waals surface area contributed by atoms with Crippen LogP contribution in [0.3, 0.4) is 0 Å². The molecular weight excluding hydrogens is 491 g/mol. The molecule has 1 atom stereocenters. The number of allylic oxidation sites excluding steroid dienone is 1. The van der Waals surface area contributed by atoms with Gasteiger partial charge >= 0.3 is 5.97 Å². The van der Waals surface area contributed by atoms with Crippen LogP contribution < -0.4 is 15.2 Å². The topological polar surface area (TPSA) is 85.3 Å². The van der Waals surface area contributed by atoms with Crippen molar-refractivity contribution < 1.29 is 14.3 Å². The van der Waals surface area contributed by atoms with Crippen molar-refractivity contribution >= 4 is 50.6 Å². The molecule has 0 saturated carbocycles. The Morgan fingerprint density at radius 2 is 1.91 bits per heavy atom. The highest BCUT2D eigenvalue weighted by Crippen LogP contribution is 2.45. The van der Waals surface area contributed by atoms with Crippen LogP contribution in [0.15, 0.2) is 72.1 Å². The molecule has 1 aliphatic heterocycles. The van der Waals surface area contributed by atoms with Crippen LogP contribution >= 0.6 is 34.5 Å². The van der Waals surface area contributed by atoms with Gasteiger partial charge in [-0.25, -0.2) is 4.79 Å². The van der Waals surface area contributed by atoms with Gasteiger partial charge in [-0.15, -0.1) is 11.3 Å². The number of benzene rings is 3. The van der Waals surface area contributed by atoms with Gasteiger partial charge < -0.3 is 15.2 Å². The molecule has 4 aromatic rings. The average molecular weight is 507 g/mol. The molecule has 3 aromatic carbocycles. The van der Waals surface area contributed by atoms with Crippen LogP contribution in [0.25, 0.3) is 10.1 Å². The summed E-state index contributed by atoms with van der Waals surface area (Å²) in [6.07, 6.45) is 0. The highest BCUT2D eigenvalue weighted by atomic mass is 35.5. The molecule has 0 bridgehead atoms. The molecule has 0 fully saturated rings. The van der Waals surface area contributed by atoms with Crippen molar-refractivity contribution in [1.82, 2.24) is 0 Å². The van der Waals surface area contributed by atoms with E-state index in [1.807, 2.05) is 43.3 Å². The zero-order valence-corrected chi connectivity index (χ0v) is 20.1. The third-order valence-corrected chi connectivity index (χ3v) is 7.57. The van der Waals surface area contributed by atoms with Crippen molar-refractivity contribution in [3.05, 3.63) is 104 Å². The Kier molecular flexibility index (Phi) is 5.70. The van der Waals surface area contributed by atoms with Crippen LogP contribution in [0.5, 0.6) is 11.5 Å². The number of hydrogen-bond acceptors (Lipinski definition) is 6. The van der Waals surface area contributed by atoms with E-state index in [9.17, 15) is 10.1 Å². The Morgan fingerprint density at radius 1 is 1.12 bits per heavy atom. The summed E-state index contributed by atoms with van der Waals surface area (Å²) in [4.78, 5) is 13.2. The Hall–Kier alpha value is -3.50. The molecule has 1 aromatic heterocycles. The van der Waals surface area contributed by atoms with Crippen molar-refractivity contribution in [1.29, 1.82) is 5.26 Å². The number of rotatable bonds is 3. The molecule has 0 spiro atoms. The van der Waals surface area contributed by atoms with Crippen LogP contribution in [0.2, 0.25) is 10.0 Å². The van der Waals surface area contributed by atoms with E-state index in [0.29, 0.717) is 26.2 Å². The molecule has 0 radical (unpaired) electrons. The maximum atomic E-state index is 12.9. The predicted octanol–water partition coefficient (Wildman–Crippen LogP) is 6.95. The highest BCUT2D eigenvalue weighted by molar-refractivity contribution is 7.21. The summed E-state index contributed by atoms with van der Waals surface area (Å²) in [6.45, 7) is 1.98. The fraction of sp³-hybridized carbons (Fsp3) is 0.0769. The van der Waals surface area contributed by atoms with Gasteiger partial charge in [0.25, 0.3) is 0 Å². The number of hydrogen-bond donors (Lipinski definition) is 1. The summed E-state index contributed by atoms with van der Waals surface area (Å²) in [5.41, 5.74) is 8.82. The summed E-state index contributed by atoms with van der Waals surface area (Å²) in [7, 11) is 0. The van der Waals surface area contributed by atoms with E-state index in [4.69, 9.17) is 38.4 Å².